The first kappa shape index (κ1) is 19.1. The number of rotatable bonds is 2. The van der Waals surface area contributed by atoms with Crippen molar-refractivity contribution in [3.63, 3.8) is 0 Å². The van der Waals surface area contributed by atoms with Gasteiger partial charge in [-0.15, -0.1) is 0 Å². The maximum absolute atomic E-state index is 12.9. The molecule has 0 bridgehead atoms. The number of carbonyl (C=O) groups excluding carboxylic acids is 1. The Morgan fingerprint density at radius 3 is 2.57 bits per heavy atom. The molecule has 2 aromatic rings. The van der Waals surface area contributed by atoms with Crippen LogP contribution in [0, 0.1) is 11.3 Å². The molecule has 1 saturated carbocycles. The highest BCUT2D eigenvalue weighted by Gasteiger charge is 2.54. The first-order chi connectivity index (χ1) is 12.9. The number of nitrogens with zero attached hydrogens (tertiary/aromatic N) is 2. The number of likely N-dealkylation sites (tertiary alicyclic amines) is 1. The lowest BCUT2D eigenvalue weighted by Crippen LogP contribution is -2.64. The molecule has 2 heterocycles. The summed E-state index contributed by atoms with van der Waals surface area (Å²) < 4.78 is 48.9. The highest BCUT2D eigenvalue weighted by atomic mass is 19.4. The molecule has 8 heteroatoms. The lowest BCUT2D eigenvalue weighted by atomic mass is 9.56. The average Bonchev–Trinajstić information content (AvgIpc) is 2.89. The average molecular weight is 396 g/mol. The van der Waals surface area contributed by atoms with Gasteiger partial charge < -0.3 is 14.2 Å². The molecule has 1 aromatic carbocycles. The zero-order chi connectivity index (χ0) is 20.3. The molecule has 1 amide bonds. The van der Waals surface area contributed by atoms with Crippen LogP contribution in [0.4, 0.5) is 18.0 Å². The molecule has 0 atom stereocenters. The van der Waals surface area contributed by atoms with E-state index in [2.05, 4.69) is 5.16 Å². The van der Waals surface area contributed by atoms with E-state index < -0.39 is 17.5 Å². The van der Waals surface area contributed by atoms with Crippen molar-refractivity contribution in [1.82, 2.24) is 10.1 Å². The van der Waals surface area contributed by atoms with Gasteiger partial charge in [-0.2, -0.15) is 13.2 Å². The Kier molecular flexibility index (Phi) is 4.17. The van der Waals surface area contributed by atoms with Gasteiger partial charge >= 0.3 is 12.3 Å². The second-order valence-electron chi connectivity index (χ2n) is 9.17. The fourth-order valence-corrected chi connectivity index (χ4v) is 4.43. The van der Waals surface area contributed by atoms with E-state index in [1.54, 1.807) is 17.0 Å². The summed E-state index contributed by atoms with van der Waals surface area (Å²) in [7, 11) is 0. The van der Waals surface area contributed by atoms with Gasteiger partial charge in [-0.1, -0.05) is 11.2 Å². The van der Waals surface area contributed by atoms with Gasteiger partial charge in [-0.25, -0.2) is 4.79 Å². The minimum atomic E-state index is -4.52. The molecule has 2 aliphatic rings. The van der Waals surface area contributed by atoms with Crippen molar-refractivity contribution in [1.29, 1.82) is 0 Å². The van der Waals surface area contributed by atoms with Gasteiger partial charge in [-0.05, 0) is 63.6 Å². The molecule has 4 rings (SSSR count). The molecule has 1 aromatic heterocycles. The van der Waals surface area contributed by atoms with E-state index in [1.807, 2.05) is 20.8 Å². The van der Waals surface area contributed by atoms with Crippen LogP contribution in [0.25, 0.3) is 11.0 Å². The molecule has 5 nitrogen and oxygen atoms in total. The van der Waals surface area contributed by atoms with Crippen LogP contribution in [0.2, 0.25) is 0 Å². The van der Waals surface area contributed by atoms with Gasteiger partial charge in [-0.3, -0.25) is 0 Å². The molecular weight excluding hydrogens is 373 g/mol. The normalized spacial score (nSPS) is 19.6. The van der Waals surface area contributed by atoms with Crippen LogP contribution >= 0.6 is 0 Å². The van der Waals surface area contributed by atoms with Crippen molar-refractivity contribution in [2.24, 2.45) is 11.3 Å². The fourth-order valence-electron chi connectivity index (χ4n) is 4.43. The van der Waals surface area contributed by atoms with Crippen LogP contribution in [0.5, 0.6) is 0 Å². The first-order valence-corrected chi connectivity index (χ1v) is 9.38. The third-order valence-electron chi connectivity index (χ3n) is 5.48. The van der Waals surface area contributed by atoms with E-state index in [0.717, 1.165) is 24.8 Å². The Labute approximate surface area is 160 Å². The number of carbonyl (C=O) groups is 1. The van der Waals surface area contributed by atoms with E-state index in [0.29, 0.717) is 19.0 Å². The number of amides is 1. The maximum atomic E-state index is 12.9. The minimum Gasteiger partial charge on any atom is -0.444 e. The summed E-state index contributed by atoms with van der Waals surface area (Å²) in [5, 5.41) is 3.16. The summed E-state index contributed by atoms with van der Waals surface area (Å²) in [6.07, 6.45) is -1.98. The maximum Gasteiger partial charge on any atom is 0.437 e. The second-order valence-corrected chi connectivity index (χ2v) is 9.17. The molecule has 1 saturated heterocycles. The summed E-state index contributed by atoms with van der Waals surface area (Å²) in [4.78, 5) is 13.8. The van der Waals surface area contributed by atoms with Gasteiger partial charge in [0.1, 0.15) is 5.60 Å². The number of benzene rings is 1. The molecule has 152 valence electrons. The molecule has 0 N–H and O–H groups in total. The molecule has 0 radical (unpaired) electrons. The lowest BCUT2D eigenvalue weighted by Gasteiger charge is -2.59. The smallest absolute Gasteiger partial charge is 0.437 e. The molecule has 2 fully saturated rings. The molecule has 0 unspecified atom stereocenters. The van der Waals surface area contributed by atoms with Crippen molar-refractivity contribution >= 4 is 17.1 Å². The van der Waals surface area contributed by atoms with Crippen molar-refractivity contribution in [3.05, 3.63) is 29.5 Å². The number of alkyl halides is 3. The lowest BCUT2D eigenvalue weighted by molar-refractivity contribution is -0.141. The van der Waals surface area contributed by atoms with E-state index in [4.69, 9.17) is 9.26 Å². The topological polar surface area (TPSA) is 55.6 Å². The Bertz CT molecular complexity index is 900. The first-order valence-electron chi connectivity index (χ1n) is 9.38. The summed E-state index contributed by atoms with van der Waals surface area (Å²) in [5.41, 5.74) is -0.179. The van der Waals surface area contributed by atoms with Crippen LogP contribution in [-0.2, 0) is 17.3 Å². The number of aromatic nitrogens is 1. The Hall–Kier alpha value is -2.25. The number of hydrogen-bond donors (Lipinski definition) is 0. The highest BCUT2D eigenvalue weighted by molar-refractivity contribution is 5.80. The van der Waals surface area contributed by atoms with Crippen LogP contribution in [0.15, 0.2) is 22.7 Å². The molecule has 1 spiro atoms. The van der Waals surface area contributed by atoms with Crippen molar-refractivity contribution in [2.75, 3.05) is 13.1 Å². The van der Waals surface area contributed by atoms with Gasteiger partial charge in [0, 0.05) is 18.5 Å². The third kappa shape index (κ3) is 3.56. The third-order valence-corrected chi connectivity index (χ3v) is 5.48. The molecule has 28 heavy (non-hydrogen) atoms. The fraction of sp³-hybridized carbons (Fsp3) is 0.600. The monoisotopic (exact) mass is 396 g/mol. The highest BCUT2D eigenvalue weighted by Crippen LogP contribution is 2.53. The Balaban J connectivity index is 1.32. The van der Waals surface area contributed by atoms with Gasteiger partial charge in [0.15, 0.2) is 11.3 Å². The van der Waals surface area contributed by atoms with E-state index in [9.17, 15) is 18.0 Å². The quantitative estimate of drug-likeness (QED) is 0.714. The summed E-state index contributed by atoms with van der Waals surface area (Å²) in [6.45, 7) is 6.98. The predicted octanol–water partition coefficient (Wildman–Crippen LogP) is 5.04. The predicted molar refractivity (Wildman–Crippen MR) is 95.7 cm³/mol. The standard InChI is InChI=1S/C20H23F3N2O3/c1-18(2,3)27-17(26)25-10-19(11-25)8-13(9-19)6-12-4-5-14-15(7-12)28-24-16(14)20(21,22)23/h4-5,7,13H,6,8-11H2,1-3H3. The molecule has 1 aliphatic carbocycles. The summed E-state index contributed by atoms with van der Waals surface area (Å²) in [6, 6.07) is 4.80. The van der Waals surface area contributed by atoms with E-state index in [1.165, 1.54) is 6.07 Å². The van der Waals surface area contributed by atoms with Gasteiger partial charge in [0.25, 0.3) is 0 Å². The Morgan fingerprint density at radius 2 is 1.96 bits per heavy atom. The zero-order valence-corrected chi connectivity index (χ0v) is 16.1. The summed E-state index contributed by atoms with van der Waals surface area (Å²) >= 11 is 0. The van der Waals surface area contributed by atoms with Crippen molar-refractivity contribution in [3.8, 4) is 0 Å². The van der Waals surface area contributed by atoms with Crippen molar-refractivity contribution < 1.29 is 27.2 Å². The SMILES string of the molecule is CC(C)(C)OC(=O)N1CC2(CC(Cc3ccc4c(C(F)(F)F)noc4c3)C2)C1. The van der Waals surface area contributed by atoms with Crippen LogP contribution in [0.1, 0.15) is 44.9 Å². The molecular formula is C20H23F3N2O3. The number of ether oxygens (including phenoxy) is 1. The largest absolute Gasteiger partial charge is 0.444 e. The van der Waals surface area contributed by atoms with E-state index >= 15 is 0 Å². The Morgan fingerprint density at radius 1 is 1.29 bits per heavy atom. The van der Waals surface area contributed by atoms with Crippen LogP contribution < -0.4 is 0 Å². The second kappa shape index (κ2) is 6.12. The van der Waals surface area contributed by atoms with E-state index in [-0.39, 0.29) is 22.5 Å². The zero-order valence-electron chi connectivity index (χ0n) is 16.1. The van der Waals surface area contributed by atoms with Gasteiger partial charge in [0.05, 0.1) is 5.39 Å². The summed E-state index contributed by atoms with van der Waals surface area (Å²) in [5.74, 6) is 0.461. The van der Waals surface area contributed by atoms with Gasteiger partial charge in [0.2, 0.25) is 0 Å². The molecule has 1 aliphatic heterocycles. The number of hydrogen-bond acceptors (Lipinski definition) is 4. The number of fused-ring (bicyclic) bond motifs is 1. The van der Waals surface area contributed by atoms with Crippen LogP contribution in [0.3, 0.4) is 0 Å². The van der Waals surface area contributed by atoms with Crippen LogP contribution in [-0.4, -0.2) is 34.8 Å². The number of halogens is 3. The van der Waals surface area contributed by atoms with Crippen molar-refractivity contribution in [2.45, 2.75) is 51.8 Å². The minimum absolute atomic E-state index is 0.00618.